The molecule has 7 unspecified atom stereocenters. The Morgan fingerprint density at radius 3 is 1.65 bits per heavy atom. The van der Waals surface area contributed by atoms with Crippen LogP contribution in [0.1, 0.15) is 33.6 Å². The van der Waals surface area contributed by atoms with Crippen LogP contribution in [-0.2, 0) is 24.0 Å². The predicted molar refractivity (Wildman–Crippen MR) is 105 cm³/mol. The van der Waals surface area contributed by atoms with Gasteiger partial charge in [-0.2, -0.15) is 0 Å². The number of hydrogen-bond donors (Lipinski definition) is 9. The average molecular weight is 449 g/mol. The predicted octanol–water partition coefficient (Wildman–Crippen LogP) is -4.74. The Labute approximate surface area is 178 Å². The molecule has 0 aliphatic heterocycles. The molecule has 11 N–H and O–H groups in total. The Hall–Kier alpha value is -2.81. The molecule has 0 bridgehead atoms. The summed E-state index contributed by atoms with van der Waals surface area (Å²) in [5, 5.41) is 44.2. The van der Waals surface area contributed by atoms with Gasteiger partial charge < -0.3 is 47.8 Å². The van der Waals surface area contributed by atoms with E-state index in [0.717, 1.165) is 13.8 Å². The zero-order valence-electron chi connectivity index (χ0n) is 17.4. The van der Waals surface area contributed by atoms with Crippen LogP contribution in [0.4, 0.5) is 0 Å². The van der Waals surface area contributed by atoms with Crippen molar-refractivity contribution in [3.05, 3.63) is 0 Å². The number of carbonyl (C=O) groups is 5. The van der Waals surface area contributed by atoms with Gasteiger partial charge in [0, 0.05) is 6.42 Å². The van der Waals surface area contributed by atoms with Gasteiger partial charge in [0.25, 0.3) is 0 Å². The van der Waals surface area contributed by atoms with Crippen LogP contribution in [-0.4, -0.2) is 92.5 Å². The summed E-state index contributed by atoms with van der Waals surface area (Å²) in [5.74, 6) is -5.36. The zero-order chi connectivity index (χ0) is 24.5. The maximum absolute atomic E-state index is 12.6. The highest BCUT2D eigenvalue weighted by Crippen LogP contribution is 2.04. The van der Waals surface area contributed by atoms with E-state index in [1.165, 1.54) is 6.92 Å². The summed E-state index contributed by atoms with van der Waals surface area (Å²) in [7, 11) is 0. The minimum absolute atomic E-state index is 0.279. The van der Waals surface area contributed by atoms with Crippen LogP contribution in [0.3, 0.4) is 0 Å². The molecule has 0 aromatic heterocycles. The van der Waals surface area contributed by atoms with E-state index in [0.29, 0.717) is 0 Å². The summed E-state index contributed by atoms with van der Waals surface area (Å²) < 4.78 is 0. The fraction of sp³-hybridized carbons (Fsp3) is 0.706. The zero-order valence-corrected chi connectivity index (χ0v) is 17.4. The third-order valence-corrected chi connectivity index (χ3v) is 4.24. The van der Waals surface area contributed by atoms with Gasteiger partial charge in [-0.1, -0.05) is 0 Å². The summed E-state index contributed by atoms with van der Waals surface area (Å²) in [4.78, 5) is 59.3. The Morgan fingerprint density at radius 1 is 0.774 bits per heavy atom. The number of nitrogens with one attached hydrogen (secondary N) is 3. The SMILES string of the molecule is CC(O)C(N)C(=O)NC(CCC(N)=O)C(=O)NC(C(=O)NC(C(=O)O)C(C)O)C(C)O. The van der Waals surface area contributed by atoms with Crippen LogP contribution in [0.5, 0.6) is 0 Å². The van der Waals surface area contributed by atoms with Gasteiger partial charge in [0.05, 0.1) is 18.3 Å². The van der Waals surface area contributed by atoms with E-state index in [1.807, 2.05) is 5.32 Å². The maximum Gasteiger partial charge on any atom is 0.328 e. The van der Waals surface area contributed by atoms with Gasteiger partial charge in [0.1, 0.15) is 18.1 Å². The summed E-state index contributed by atoms with van der Waals surface area (Å²) >= 11 is 0. The molecule has 0 rings (SSSR count). The molecule has 178 valence electrons. The minimum Gasteiger partial charge on any atom is -0.480 e. The molecule has 0 aliphatic carbocycles. The quantitative estimate of drug-likeness (QED) is 0.130. The number of carboxylic acids is 1. The monoisotopic (exact) mass is 449 g/mol. The fourth-order valence-electron chi connectivity index (χ4n) is 2.33. The van der Waals surface area contributed by atoms with E-state index in [1.54, 1.807) is 0 Å². The van der Waals surface area contributed by atoms with Crippen LogP contribution in [0.25, 0.3) is 0 Å². The second-order valence-electron chi connectivity index (χ2n) is 7.12. The molecule has 0 aromatic rings. The highest BCUT2D eigenvalue weighted by atomic mass is 16.4. The van der Waals surface area contributed by atoms with Gasteiger partial charge in [-0.15, -0.1) is 0 Å². The number of nitrogens with two attached hydrogens (primary N) is 2. The van der Waals surface area contributed by atoms with Gasteiger partial charge in [-0.05, 0) is 27.2 Å². The summed E-state index contributed by atoms with van der Waals surface area (Å²) in [6.45, 7) is 3.51. The number of primary amides is 1. The molecule has 0 heterocycles. The molecule has 7 atom stereocenters. The number of carbonyl (C=O) groups excluding carboxylic acids is 4. The average Bonchev–Trinajstić information content (AvgIpc) is 2.64. The number of carboxylic acid groups (broad SMARTS) is 1. The largest absolute Gasteiger partial charge is 0.480 e. The van der Waals surface area contributed by atoms with E-state index < -0.39 is 72.1 Å². The lowest BCUT2D eigenvalue weighted by Gasteiger charge is -2.27. The Morgan fingerprint density at radius 2 is 1.26 bits per heavy atom. The van der Waals surface area contributed by atoms with E-state index in [2.05, 4.69) is 10.6 Å². The highest BCUT2D eigenvalue weighted by Gasteiger charge is 2.34. The molecule has 4 amide bonds. The lowest BCUT2D eigenvalue weighted by atomic mass is 10.1. The van der Waals surface area contributed by atoms with E-state index in [9.17, 15) is 39.3 Å². The third kappa shape index (κ3) is 9.69. The molecular formula is C17H31N5O9. The molecular weight excluding hydrogens is 418 g/mol. The first-order chi connectivity index (χ1) is 14.2. The van der Waals surface area contributed by atoms with Crippen LogP contribution >= 0.6 is 0 Å². The van der Waals surface area contributed by atoms with Crippen molar-refractivity contribution in [2.45, 2.75) is 76.1 Å². The molecule has 14 nitrogen and oxygen atoms in total. The highest BCUT2D eigenvalue weighted by molar-refractivity contribution is 5.94. The topological polar surface area (TPSA) is 254 Å². The van der Waals surface area contributed by atoms with E-state index in [-0.39, 0.29) is 12.8 Å². The summed E-state index contributed by atoms with van der Waals surface area (Å²) in [5.41, 5.74) is 10.6. The number of aliphatic hydroxyl groups excluding tert-OH is 3. The van der Waals surface area contributed by atoms with Gasteiger partial charge in [-0.3, -0.25) is 19.2 Å². The molecule has 31 heavy (non-hydrogen) atoms. The lowest BCUT2D eigenvalue weighted by Crippen LogP contribution is -2.61. The second-order valence-corrected chi connectivity index (χ2v) is 7.12. The first kappa shape index (κ1) is 28.2. The fourth-order valence-corrected chi connectivity index (χ4v) is 2.33. The molecule has 0 aromatic carbocycles. The van der Waals surface area contributed by atoms with E-state index in [4.69, 9.17) is 16.6 Å². The molecule has 0 saturated carbocycles. The molecule has 14 heteroatoms. The molecule has 0 aliphatic rings. The smallest absolute Gasteiger partial charge is 0.328 e. The minimum atomic E-state index is -1.71. The number of amides is 4. The third-order valence-electron chi connectivity index (χ3n) is 4.24. The lowest BCUT2D eigenvalue weighted by molar-refractivity contribution is -0.146. The Kier molecular flexibility index (Phi) is 11.6. The van der Waals surface area contributed by atoms with Gasteiger partial charge >= 0.3 is 5.97 Å². The van der Waals surface area contributed by atoms with Crippen molar-refractivity contribution in [1.82, 2.24) is 16.0 Å². The van der Waals surface area contributed by atoms with Crippen LogP contribution in [0.2, 0.25) is 0 Å². The number of hydrogen-bond acceptors (Lipinski definition) is 9. The van der Waals surface area contributed by atoms with Crippen molar-refractivity contribution >= 4 is 29.6 Å². The molecule has 0 saturated heterocycles. The normalized spacial score (nSPS) is 17.8. The summed E-state index contributed by atoms with van der Waals surface area (Å²) in [6.07, 6.45) is -4.82. The van der Waals surface area contributed by atoms with E-state index >= 15 is 0 Å². The number of aliphatic hydroxyl groups is 3. The van der Waals surface area contributed by atoms with Crippen LogP contribution < -0.4 is 27.4 Å². The number of rotatable bonds is 13. The standard InChI is InChI=1S/C17H31N5O9/c1-6(23)11(19)15(28)20-9(4-5-10(18)26)14(27)21-12(7(2)24)16(29)22-13(8(3)25)17(30)31/h6-9,11-13,23-25H,4-5,19H2,1-3H3,(H2,18,26)(H,20,28)(H,21,27)(H,22,29)(H,30,31). The maximum atomic E-state index is 12.6. The second kappa shape index (κ2) is 12.8. The molecule has 0 fully saturated rings. The van der Waals surface area contributed by atoms with Crippen LogP contribution in [0, 0.1) is 0 Å². The van der Waals surface area contributed by atoms with Gasteiger partial charge in [-0.25, -0.2) is 4.79 Å². The van der Waals surface area contributed by atoms with Crippen molar-refractivity contribution in [3.8, 4) is 0 Å². The molecule has 0 spiro atoms. The van der Waals surface area contributed by atoms with Crippen molar-refractivity contribution < 1.29 is 44.4 Å². The van der Waals surface area contributed by atoms with Crippen molar-refractivity contribution in [2.75, 3.05) is 0 Å². The first-order valence-electron chi connectivity index (χ1n) is 9.41. The first-order valence-corrected chi connectivity index (χ1v) is 9.41. The molecule has 0 radical (unpaired) electrons. The Balaban J connectivity index is 5.49. The van der Waals surface area contributed by atoms with Crippen molar-refractivity contribution in [1.29, 1.82) is 0 Å². The van der Waals surface area contributed by atoms with Gasteiger partial charge in [0.15, 0.2) is 6.04 Å². The number of aliphatic carboxylic acids is 1. The van der Waals surface area contributed by atoms with Crippen molar-refractivity contribution in [3.63, 3.8) is 0 Å². The van der Waals surface area contributed by atoms with Crippen molar-refractivity contribution in [2.24, 2.45) is 11.5 Å². The Bertz CT molecular complexity index is 668. The van der Waals surface area contributed by atoms with Crippen LogP contribution in [0.15, 0.2) is 0 Å². The summed E-state index contributed by atoms with van der Waals surface area (Å²) in [6, 6.07) is -6.17. The van der Waals surface area contributed by atoms with Gasteiger partial charge in [0.2, 0.25) is 23.6 Å².